The van der Waals surface area contributed by atoms with Crippen LogP contribution in [0.15, 0.2) is 12.4 Å². The Hall–Kier alpha value is -0.910. The van der Waals surface area contributed by atoms with Crippen LogP contribution in [0.1, 0.15) is 25.2 Å². The van der Waals surface area contributed by atoms with Crippen LogP contribution in [0, 0.1) is 0 Å². The van der Waals surface area contributed by atoms with Gasteiger partial charge in [0, 0.05) is 26.0 Å². The second kappa shape index (κ2) is 5.74. The standard InChI is InChI=1S/C9H18N4O/c1-3-6-14-7-8(12-10)9-11-4-5-13(9)2/h4-5,8,12H,3,6-7,10H2,1-2H3. The molecule has 1 aromatic heterocycles. The molecule has 1 aromatic rings. The van der Waals surface area contributed by atoms with Gasteiger partial charge < -0.3 is 9.30 Å². The minimum atomic E-state index is -0.0402. The van der Waals surface area contributed by atoms with E-state index in [4.69, 9.17) is 10.6 Å². The molecule has 0 bridgehead atoms. The average molecular weight is 198 g/mol. The van der Waals surface area contributed by atoms with Crippen LogP contribution in [0.5, 0.6) is 0 Å². The number of nitrogens with one attached hydrogen (secondary N) is 1. The fraction of sp³-hybridized carbons (Fsp3) is 0.667. The Bertz CT molecular complexity index is 261. The van der Waals surface area contributed by atoms with E-state index in [1.807, 2.05) is 17.8 Å². The predicted octanol–water partition coefficient (Wildman–Crippen LogP) is 0.351. The van der Waals surface area contributed by atoms with Gasteiger partial charge in [0.15, 0.2) is 0 Å². The van der Waals surface area contributed by atoms with E-state index in [0.29, 0.717) is 6.61 Å². The fourth-order valence-electron chi connectivity index (χ4n) is 1.26. The summed E-state index contributed by atoms with van der Waals surface area (Å²) in [6, 6.07) is -0.0402. The molecular formula is C9H18N4O. The van der Waals surface area contributed by atoms with Crippen LogP contribution >= 0.6 is 0 Å². The third kappa shape index (κ3) is 2.80. The Labute approximate surface area is 84.2 Å². The molecule has 0 aliphatic rings. The molecule has 0 saturated heterocycles. The van der Waals surface area contributed by atoms with E-state index in [2.05, 4.69) is 17.3 Å². The molecule has 0 aromatic carbocycles. The van der Waals surface area contributed by atoms with Gasteiger partial charge in [-0.2, -0.15) is 0 Å². The molecule has 14 heavy (non-hydrogen) atoms. The van der Waals surface area contributed by atoms with Crippen LogP contribution in [-0.4, -0.2) is 22.8 Å². The highest BCUT2D eigenvalue weighted by atomic mass is 16.5. The molecular weight excluding hydrogens is 180 g/mol. The van der Waals surface area contributed by atoms with Gasteiger partial charge in [-0.25, -0.2) is 10.4 Å². The van der Waals surface area contributed by atoms with Crippen molar-refractivity contribution in [2.24, 2.45) is 12.9 Å². The molecule has 0 saturated carbocycles. The largest absolute Gasteiger partial charge is 0.379 e. The number of nitrogens with two attached hydrogens (primary N) is 1. The zero-order valence-electron chi connectivity index (χ0n) is 8.73. The molecule has 0 aliphatic carbocycles. The number of imidazole rings is 1. The molecule has 3 N–H and O–H groups in total. The number of hydrogen-bond donors (Lipinski definition) is 2. The molecule has 5 heteroatoms. The summed E-state index contributed by atoms with van der Waals surface area (Å²) in [6.07, 6.45) is 4.65. The molecule has 0 amide bonds. The first-order valence-electron chi connectivity index (χ1n) is 4.80. The van der Waals surface area contributed by atoms with Gasteiger partial charge in [0.2, 0.25) is 0 Å². The number of aromatic nitrogens is 2. The van der Waals surface area contributed by atoms with E-state index in [-0.39, 0.29) is 6.04 Å². The lowest BCUT2D eigenvalue weighted by molar-refractivity contribution is 0.109. The molecule has 1 unspecified atom stereocenters. The number of hydrazine groups is 1. The zero-order chi connectivity index (χ0) is 10.4. The Kier molecular flexibility index (Phi) is 4.58. The summed E-state index contributed by atoms with van der Waals surface area (Å²) in [5, 5.41) is 0. The van der Waals surface area contributed by atoms with E-state index >= 15 is 0 Å². The van der Waals surface area contributed by atoms with Crippen molar-refractivity contribution in [2.75, 3.05) is 13.2 Å². The summed E-state index contributed by atoms with van der Waals surface area (Å²) in [4.78, 5) is 4.21. The highest BCUT2D eigenvalue weighted by Gasteiger charge is 2.13. The third-order valence-corrected chi connectivity index (χ3v) is 2.00. The summed E-state index contributed by atoms with van der Waals surface area (Å²) in [5.41, 5.74) is 2.70. The molecule has 0 radical (unpaired) electrons. The summed E-state index contributed by atoms with van der Waals surface area (Å²) in [5.74, 6) is 6.32. The minimum Gasteiger partial charge on any atom is -0.379 e. The Morgan fingerprint density at radius 1 is 1.71 bits per heavy atom. The lowest BCUT2D eigenvalue weighted by Crippen LogP contribution is -2.33. The Balaban J connectivity index is 2.50. The van der Waals surface area contributed by atoms with Crippen LogP contribution in [0.25, 0.3) is 0 Å². The summed E-state index contributed by atoms with van der Waals surface area (Å²) < 4.78 is 7.35. The van der Waals surface area contributed by atoms with E-state index in [9.17, 15) is 0 Å². The first-order valence-corrected chi connectivity index (χ1v) is 4.80. The van der Waals surface area contributed by atoms with Crippen LogP contribution < -0.4 is 11.3 Å². The highest BCUT2D eigenvalue weighted by molar-refractivity contribution is 4.98. The quantitative estimate of drug-likeness (QED) is 0.393. The van der Waals surface area contributed by atoms with Gasteiger partial charge >= 0.3 is 0 Å². The van der Waals surface area contributed by atoms with Crippen molar-refractivity contribution < 1.29 is 4.74 Å². The van der Waals surface area contributed by atoms with Crippen molar-refractivity contribution in [3.8, 4) is 0 Å². The van der Waals surface area contributed by atoms with E-state index in [1.54, 1.807) is 6.20 Å². The molecule has 0 spiro atoms. The van der Waals surface area contributed by atoms with Gasteiger partial charge in [-0.15, -0.1) is 0 Å². The minimum absolute atomic E-state index is 0.0402. The van der Waals surface area contributed by atoms with Gasteiger partial charge in [0.05, 0.1) is 6.61 Å². The molecule has 80 valence electrons. The Morgan fingerprint density at radius 3 is 3.00 bits per heavy atom. The van der Waals surface area contributed by atoms with Gasteiger partial charge in [-0.3, -0.25) is 5.84 Å². The first kappa shape index (κ1) is 11.2. The van der Waals surface area contributed by atoms with Crippen molar-refractivity contribution in [3.63, 3.8) is 0 Å². The Morgan fingerprint density at radius 2 is 2.50 bits per heavy atom. The number of aryl methyl sites for hydroxylation is 1. The number of ether oxygens (including phenoxy) is 1. The molecule has 0 fully saturated rings. The molecule has 0 aliphatic heterocycles. The van der Waals surface area contributed by atoms with Gasteiger partial charge in [0.25, 0.3) is 0 Å². The summed E-state index contributed by atoms with van der Waals surface area (Å²) >= 11 is 0. The lowest BCUT2D eigenvalue weighted by Gasteiger charge is -2.15. The maximum atomic E-state index is 5.43. The van der Waals surface area contributed by atoms with Crippen molar-refractivity contribution in [1.82, 2.24) is 15.0 Å². The summed E-state index contributed by atoms with van der Waals surface area (Å²) in [7, 11) is 1.94. The first-order chi connectivity index (χ1) is 6.79. The lowest BCUT2D eigenvalue weighted by atomic mass is 10.3. The van der Waals surface area contributed by atoms with E-state index in [1.165, 1.54) is 0 Å². The smallest absolute Gasteiger partial charge is 0.129 e. The van der Waals surface area contributed by atoms with Crippen LogP contribution in [0.4, 0.5) is 0 Å². The SMILES string of the molecule is CCCOCC(NN)c1nccn1C. The number of nitrogens with zero attached hydrogens (tertiary/aromatic N) is 2. The second-order valence-electron chi connectivity index (χ2n) is 3.19. The van der Waals surface area contributed by atoms with Crippen LogP contribution in [0.2, 0.25) is 0 Å². The molecule has 1 rings (SSSR count). The predicted molar refractivity (Wildman–Crippen MR) is 54.4 cm³/mol. The number of hydrogen-bond acceptors (Lipinski definition) is 4. The topological polar surface area (TPSA) is 65.1 Å². The normalized spacial score (nSPS) is 13.1. The maximum Gasteiger partial charge on any atom is 0.129 e. The van der Waals surface area contributed by atoms with Crippen LogP contribution in [-0.2, 0) is 11.8 Å². The van der Waals surface area contributed by atoms with Crippen molar-refractivity contribution >= 4 is 0 Å². The zero-order valence-corrected chi connectivity index (χ0v) is 8.73. The highest BCUT2D eigenvalue weighted by Crippen LogP contribution is 2.08. The van der Waals surface area contributed by atoms with Crippen molar-refractivity contribution in [1.29, 1.82) is 0 Å². The maximum absolute atomic E-state index is 5.43. The van der Waals surface area contributed by atoms with Crippen LogP contribution in [0.3, 0.4) is 0 Å². The summed E-state index contributed by atoms with van der Waals surface area (Å²) in [6.45, 7) is 3.38. The van der Waals surface area contributed by atoms with Gasteiger partial charge in [0.1, 0.15) is 11.9 Å². The van der Waals surface area contributed by atoms with Gasteiger partial charge in [-0.1, -0.05) is 6.92 Å². The van der Waals surface area contributed by atoms with Crippen molar-refractivity contribution in [3.05, 3.63) is 18.2 Å². The van der Waals surface area contributed by atoms with Gasteiger partial charge in [-0.05, 0) is 6.42 Å². The third-order valence-electron chi connectivity index (χ3n) is 2.00. The average Bonchev–Trinajstić information content (AvgIpc) is 2.60. The second-order valence-corrected chi connectivity index (χ2v) is 3.19. The van der Waals surface area contributed by atoms with E-state index < -0.39 is 0 Å². The van der Waals surface area contributed by atoms with E-state index in [0.717, 1.165) is 18.9 Å². The molecule has 5 nitrogen and oxygen atoms in total. The number of rotatable bonds is 6. The van der Waals surface area contributed by atoms with Crippen molar-refractivity contribution in [2.45, 2.75) is 19.4 Å². The monoisotopic (exact) mass is 198 g/mol. The fourth-order valence-corrected chi connectivity index (χ4v) is 1.26. The molecule has 1 heterocycles. The molecule has 1 atom stereocenters.